The summed E-state index contributed by atoms with van der Waals surface area (Å²) in [5.74, 6) is 0.949. The molecule has 0 saturated heterocycles. The topological polar surface area (TPSA) is 97.8 Å². The number of aromatic nitrogens is 1. The van der Waals surface area contributed by atoms with E-state index < -0.39 is 10.0 Å². The van der Waals surface area contributed by atoms with Gasteiger partial charge >= 0.3 is 0 Å². The summed E-state index contributed by atoms with van der Waals surface area (Å²) >= 11 is 1.34. The number of anilines is 1. The molecule has 0 bridgehead atoms. The zero-order chi connectivity index (χ0) is 23.0. The van der Waals surface area contributed by atoms with E-state index >= 15 is 0 Å². The maximum absolute atomic E-state index is 13.2. The minimum atomic E-state index is -3.61. The van der Waals surface area contributed by atoms with E-state index in [1.54, 1.807) is 22.5 Å². The molecule has 1 aromatic heterocycles. The fraction of sp³-hybridized carbons (Fsp3) is 0.391. The first-order valence-corrected chi connectivity index (χ1v) is 13.3. The number of carbonyl (C=O) groups excluding carboxylic acids is 1. The highest BCUT2D eigenvalue weighted by Gasteiger charge is 2.31. The van der Waals surface area contributed by atoms with Gasteiger partial charge in [-0.25, -0.2) is 13.4 Å². The number of hydrogen-bond acceptors (Lipinski definition) is 7. The summed E-state index contributed by atoms with van der Waals surface area (Å²) in [6.45, 7) is 2.50. The normalized spacial score (nSPS) is 16.4. The standard InChI is InChI=1S/C23H25N3O5S2/c1-2-26(16-6-4-3-5-7-16)33(28,29)17-10-8-15(9-11-17)22(27)25-23-24-18-12-19-20(31-14-30-19)13-21(18)32-23/h8-13,16H,2-7,14H2,1H3,(H,24,25,27). The number of fused-ring (bicyclic) bond motifs is 2. The van der Waals surface area contributed by atoms with Crippen LogP contribution >= 0.6 is 11.3 Å². The summed E-state index contributed by atoms with van der Waals surface area (Å²) in [5.41, 5.74) is 1.08. The van der Waals surface area contributed by atoms with E-state index in [-0.39, 0.29) is 23.6 Å². The first kappa shape index (κ1) is 22.1. The summed E-state index contributed by atoms with van der Waals surface area (Å²) in [6, 6.07) is 9.78. The van der Waals surface area contributed by atoms with E-state index in [2.05, 4.69) is 10.3 Å². The van der Waals surface area contributed by atoms with Crippen molar-refractivity contribution < 1.29 is 22.7 Å². The van der Waals surface area contributed by atoms with Crippen molar-refractivity contribution in [3.05, 3.63) is 42.0 Å². The van der Waals surface area contributed by atoms with Gasteiger partial charge in [0, 0.05) is 30.3 Å². The van der Waals surface area contributed by atoms with Gasteiger partial charge in [-0.1, -0.05) is 37.5 Å². The molecule has 33 heavy (non-hydrogen) atoms. The van der Waals surface area contributed by atoms with Crippen LogP contribution in [0.25, 0.3) is 10.2 Å². The molecule has 8 nitrogen and oxygen atoms in total. The summed E-state index contributed by atoms with van der Waals surface area (Å²) in [7, 11) is -3.61. The lowest BCUT2D eigenvalue weighted by Crippen LogP contribution is -2.41. The molecule has 174 valence electrons. The zero-order valence-electron chi connectivity index (χ0n) is 18.2. The lowest BCUT2D eigenvalue weighted by Gasteiger charge is -2.32. The number of sulfonamides is 1. The maximum atomic E-state index is 13.2. The van der Waals surface area contributed by atoms with Crippen LogP contribution in [0.2, 0.25) is 0 Å². The smallest absolute Gasteiger partial charge is 0.257 e. The van der Waals surface area contributed by atoms with Gasteiger partial charge in [-0.3, -0.25) is 10.1 Å². The SMILES string of the molecule is CCN(C1CCCCC1)S(=O)(=O)c1ccc(C(=O)Nc2nc3cc4c(cc3s2)OCO4)cc1. The Labute approximate surface area is 196 Å². The predicted octanol–water partition coefficient (Wildman–Crippen LogP) is 4.62. The van der Waals surface area contributed by atoms with E-state index in [0.717, 1.165) is 36.8 Å². The number of hydrogen-bond donors (Lipinski definition) is 1. The Balaban J connectivity index is 1.31. The Morgan fingerprint density at radius 1 is 1.12 bits per heavy atom. The molecule has 0 radical (unpaired) electrons. The number of nitrogens with one attached hydrogen (secondary N) is 1. The van der Waals surface area contributed by atoms with Crippen molar-refractivity contribution in [2.75, 3.05) is 18.7 Å². The molecule has 0 spiro atoms. The van der Waals surface area contributed by atoms with E-state index in [1.807, 2.05) is 13.0 Å². The highest BCUT2D eigenvalue weighted by Crippen LogP contribution is 2.39. The third kappa shape index (κ3) is 4.30. The lowest BCUT2D eigenvalue weighted by atomic mass is 9.95. The van der Waals surface area contributed by atoms with Crippen molar-refractivity contribution in [1.82, 2.24) is 9.29 Å². The van der Waals surface area contributed by atoms with E-state index in [1.165, 1.54) is 23.5 Å². The molecule has 1 N–H and O–H groups in total. The molecular weight excluding hydrogens is 462 g/mol. The molecular formula is C23H25N3O5S2. The van der Waals surface area contributed by atoms with E-state index in [9.17, 15) is 13.2 Å². The summed E-state index contributed by atoms with van der Waals surface area (Å²) in [4.78, 5) is 17.4. The van der Waals surface area contributed by atoms with Crippen LogP contribution in [0, 0.1) is 0 Å². The number of benzene rings is 2. The van der Waals surface area contributed by atoms with Crippen LogP contribution < -0.4 is 14.8 Å². The predicted molar refractivity (Wildman–Crippen MR) is 127 cm³/mol. The number of rotatable bonds is 6. The molecule has 3 aromatic rings. The number of carbonyl (C=O) groups is 1. The second-order valence-electron chi connectivity index (χ2n) is 8.17. The van der Waals surface area contributed by atoms with Gasteiger partial charge in [0.15, 0.2) is 16.6 Å². The van der Waals surface area contributed by atoms with Crippen LogP contribution in [0.3, 0.4) is 0 Å². The Bertz CT molecular complexity index is 1240. The second-order valence-corrected chi connectivity index (χ2v) is 11.1. The number of ether oxygens (including phenoxy) is 2. The molecule has 2 heterocycles. The summed E-state index contributed by atoms with van der Waals surface area (Å²) < 4.78 is 39.7. The molecule has 10 heteroatoms. The van der Waals surface area contributed by atoms with Crippen LogP contribution in [-0.2, 0) is 10.0 Å². The van der Waals surface area contributed by atoms with Crippen molar-refractivity contribution in [1.29, 1.82) is 0 Å². The van der Waals surface area contributed by atoms with Gasteiger partial charge in [0.2, 0.25) is 16.8 Å². The van der Waals surface area contributed by atoms with Gasteiger partial charge in [0.1, 0.15) is 0 Å². The van der Waals surface area contributed by atoms with Gasteiger partial charge in [0.05, 0.1) is 15.1 Å². The van der Waals surface area contributed by atoms with Gasteiger partial charge in [-0.2, -0.15) is 4.31 Å². The minimum absolute atomic E-state index is 0.0490. The number of thiazole rings is 1. The Hall–Kier alpha value is -2.69. The molecule has 0 atom stereocenters. The average molecular weight is 488 g/mol. The van der Waals surface area contributed by atoms with Crippen LogP contribution in [0.5, 0.6) is 11.5 Å². The lowest BCUT2D eigenvalue weighted by molar-refractivity contribution is 0.102. The summed E-state index contributed by atoms with van der Waals surface area (Å²) in [5, 5.41) is 3.24. The summed E-state index contributed by atoms with van der Waals surface area (Å²) in [6.07, 6.45) is 5.08. The highest BCUT2D eigenvalue weighted by molar-refractivity contribution is 7.89. The molecule has 1 aliphatic carbocycles. The molecule has 2 aromatic carbocycles. The maximum Gasteiger partial charge on any atom is 0.257 e. The van der Waals surface area contributed by atoms with Gasteiger partial charge < -0.3 is 9.47 Å². The van der Waals surface area contributed by atoms with Gasteiger partial charge in [-0.05, 0) is 37.1 Å². The Kier molecular flexibility index (Phi) is 5.98. The van der Waals surface area contributed by atoms with Crippen molar-refractivity contribution in [3.63, 3.8) is 0 Å². The first-order chi connectivity index (χ1) is 16.0. The van der Waals surface area contributed by atoms with Gasteiger partial charge in [-0.15, -0.1) is 0 Å². The molecule has 2 aliphatic rings. The molecule has 1 amide bonds. The quantitative estimate of drug-likeness (QED) is 0.545. The largest absolute Gasteiger partial charge is 0.454 e. The van der Waals surface area contributed by atoms with Crippen molar-refractivity contribution >= 4 is 42.6 Å². The second kappa shape index (κ2) is 8.92. The molecule has 5 rings (SSSR count). The number of nitrogens with zero attached hydrogens (tertiary/aromatic N) is 2. The van der Waals surface area contributed by atoms with Crippen molar-refractivity contribution in [2.24, 2.45) is 0 Å². The molecule has 1 aliphatic heterocycles. The Morgan fingerprint density at radius 2 is 1.82 bits per heavy atom. The van der Waals surface area contributed by atoms with Crippen LogP contribution in [0.1, 0.15) is 49.4 Å². The fourth-order valence-corrected chi connectivity index (χ4v) is 7.01. The first-order valence-electron chi connectivity index (χ1n) is 11.1. The molecule has 1 fully saturated rings. The fourth-order valence-electron chi connectivity index (χ4n) is 4.45. The average Bonchev–Trinajstić information content (AvgIpc) is 3.43. The van der Waals surface area contributed by atoms with Crippen molar-refractivity contribution in [3.8, 4) is 11.5 Å². The van der Waals surface area contributed by atoms with Crippen LogP contribution in [0.15, 0.2) is 41.3 Å². The number of amides is 1. The van der Waals surface area contributed by atoms with Crippen LogP contribution in [0.4, 0.5) is 5.13 Å². The molecule has 0 unspecified atom stereocenters. The Morgan fingerprint density at radius 3 is 2.52 bits per heavy atom. The third-order valence-corrected chi connectivity index (χ3v) is 9.10. The van der Waals surface area contributed by atoms with E-state index in [4.69, 9.17) is 9.47 Å². The highest BCUT2D eigenvalue weighted by atomic mass is 32.2. The molecule has 1 saturated carbocycles. The minimum Gasteiger partial charge on any atom is -0.454 e. The van der Waals surface area contributed by atoms with E-state index in [0.29, 0.717) is 34.3 Å². The van der Waals surface area contributed by atoms with Crippen LogP contribution in [-0.4, -0.2) is 43.0 Å². The third-order valence-electron chi connectivity index (χ3n) is 6.12. The zero-order valence-corrected chi connectivity index (χ0v) is 19.9. The van der Waals surface area contributed by atoms with Crippen molar-refractivity contribution in [2.45, 2.75) is 50.0 Å². The monoisotopic (exact) mass is 487 g/mol. The van der Waals surface area contributed by atoms with Gasteiger partial charge in [0.25, 0.3) is 5.91 Å².